The van der Waals surface area contributed by atoms with Crippen molar-refractivity contribution in [2.75, 3.05) is 34.3 Å². The summed E-state index contributed by atoms with van der Waals surface area (Å²) >= 11 is 0. The van der Waals surface area contributed by atoms with E-state index in [0.717, 1.165) is 0 Å². The molecule has 0 saturated heterocycles. The molecule has 2 aromatic carbocycles. The molecule has 2 amide bonds. The van der Waals surface area contributed by atoms with Crippen LogP contribution in [-0.2, 0) is 50.9 Å². The zero-order chi connectivity index (χ0) is 29.2. The van der Waals surface area contributed by atoms with Crippen molar-refractivity contribution in [3.8, 4) is 0 Å². The Morgan fingerprint density at radius 1 is 0.775 bits per heavy atom. The third-order valence-corrected chi connectivity index (χ3v) is 4.93. The van der Waals surface area contributed by atoms with Gasteiger partial charge in [-0.25, -0.2) is 9.59 Å². The van der Waals surface area contributed by atoms with Gasteiger partial charge in [-0.3, -0.25) is 19.7 Å². The zero-order valence-corrected chi connectivity index (χ0v) is 21.9. The number of nitrogens with one attached hydrogen (secondary N) is 3. The Kier molecular flexibility index (Phi) is 13.7. The molecule has 0 heterocycles. The number of alkyl carbamates (subject to hydrolysis) is 1. The quantitative estimate of drug-likeness (QED) is 0.111. The number of guanidine groups is 1. The van der Waals surface area contributed by atoms with E-state index in [4.69, 9.17) is 18.9 Å². The highest BCUT2D eigenvalue weighted by Crippen LogP contribution is 2.02. The second-order valence-corrected chi connectivity index (χ2v) is 7.77. The van der Waals surface area contributed by atoms with Crippen molar-refractivity contribution in [3.05, 3.63) is 71.8 Å². The third-order valence-electron chi connectivity index (χ3n) is 4.93. The summed E-state index contributed by atoms with van der Waals surface area (Å²) in [6.45, 7) is -1.62. The van der Waals surface area contributed by atoms with Gasteiger partial charge in [0.15, 0.2) is 0 Å². The summed E-state index contributed by atoms with van der Waals surface area (Å²) in [6.07, 6.45) is -2.43. The largest absolute Gasteiger partial charge is 0.468 e. The Morgan fingerprint density at radius 3 is 1.80 bits per heavy atom. The van der Waals surface area contributed by atoms with Gasteiger partial charge in [0.2, 0.25) is 19.5 Å². The zero-order valence-electron chi connectivity index (χ0n) is 21.9. The van der Waals surface area contributed by atoms with Gasteiger partial charge in [0.05, 0.1) is 20.0 Å². The van der Waals surface area contributed by atoms with Crippen molar-refractivity contribution < 1.29 is 47.7 Å². The fraction of sp³-hybridized carbons (Fsp3) is 0.308. The van der Waals surface area contributed by atoms with Crippen LogP contribution in [-0.4, -0.2) is 76.4 Å². The SMILES string of the molecule is CN[C@@H](CN/C(=N\C(=O)OCOC(=O)Cc1ccccc1)NC(=O)OCOC(=O)Cc1ccccc1)C(=O)OC. The second-order valence-electron chi connectivity index (χ2n) is 7.77. The number of carbonyl (C=O) groups is 5. The summed E-state index contributed by atoms with van der Waals surface area (Å²) in [5.41, 5.74) is 1.42. The average molecular weight is 559 g/mol. The van der Waals surface area contributed by atoms with E-state index in [0.29, 0.717) is 11.1 Å². The van der Waals surface area contributed by atoms with Gasteiger partial charge in [-0.2, -0.15) is 0 Å². The molecule has 0 radical (unpaired) electrons. The molecule has 214 valence electrons. The molecular weight excluding hydrogens is 528 g/mol. The maximum atomic E-state index is 12.2. The van der Waals surface area contributed by atoms with E-state index in [1.165, 1.54) is 14.2 Å². The van der Waals surface area contributed by atoms with Gasteiger partial charge in [-0.05, 0) is 18.2 Å². The van der Waals surface area contributed by atoms with E-state index in [1.807, 2.05) is 0 Å². The van der Waals surface area contributed by atoms with E-state index in [1.54, 1.807) is 60.7 Å². The predicted molar refractivity (Wildman–Crippen MR) is 139 cm³/mol. The van der Waals surface area contributed by atoms with Crippen LogP contribution in [0.1, 0.15) is 11.1 Å². The van der Waals surface area contributed by atoms with Crippen LogP contribution in [0, 0.1) is 0 Å². The van der Waals surface area contributed by atoms with E-state index >= 15 is 0 Å². The molecule has 0 unspecified atom stereocenters. The van der Waals surface area contributed by atoms with E-state index in [-0.39, 0.29) is 19.4 Å². The van der Waals surface area contributed by atoms with E-state index in [9.17, 15) is 24.0 Å². The summed E-state index contributed by atoms with van der Waals surface area (Å²) in [5.74, 6) is -2.37. The first-order valence-electron chi connectivity index (χ1n) is 11.9. The molecule has 0 bridgehead atoms. The Bertz CT molecular complexity index is 1160. The lowest BCUT2D eigenvalue weighted by atomic mass is 10.2. The highest BCUT2D eigenvalue weighted by atomic mass is 16.7. The number of amides is 2. The molecule has 1 atom stereocenters. The maximum absolute atomic E-state index is 12.2. The Balaban J connectivity index is 1.88. The second kappa shape index (κ2) is 17.5. The Hall–Kier alpha value is -4.98. The molecule has 0 fully saturated rings. The Labute approximate surface area is 230 Å². The number of carbonyl (C=O) groups excluding carboxylic acids is 5. The highest BCUT2D eigenvalue weighted by Gasteiger charge is 2.19. The van der Waals surface area contributed by atoms with Crippen molar-refractivity contribution in [1.29, 1.82) is 0 Å². The monoisotopic (exact) mass is 558 g/mol. The van der Waals surface area contributed by atoms with Crippen LogP contribution in [0.5, 0.6) is 0 Å². The number of ether oxygens (including phenoxy) is 5. The van der Waals surface area contributed by atoms with Crippen molar-refractivity contribution in [3.63, 3.8) is 0 Å². The van der Waals surface area contributed by atoms with E-state index in [2.05, 4.69) is 25.7 Å². The van der Waals surface area contributed by atoms with Crippen molar-refractivity contribution in [2.24, 2.45) is 4.99 Å². The van der Waals surface area contributed by atoms with Crippen molar-refractivity contribution in [1.82, 2.24) is 16.0 Å². The standard InChI is InChI=1S/C26H30N4O10/c1-27-20(23(33)36-2)15-28-24(29-25(34)39-16-37-21(31)13-18-9-5-3-6-10-18)30-26(35)40-17-38-22(32)14-19-11-7-4-8-12-19/h3-12,20,27H,13-17H2,1-2H3,(H2,28,29,30,34,35)/t20-/m0/s1. The first kappa shape index (κ1) is 31.2. The molecule has 2 rings (SSSR count). The number of hydrogen-bond acceptors (Lipinski definition) is 11. The molecule has 0 spiro atoms. The number of nitrogens with zero attached hydrogens (tertiary/aromatic N) is 1. The summed E-state index contributed by atoms with van der Waals surface area (Å²) in [5, 5.41) is 7.39. The van der Waals surface area contributed by atoms with Gasteiger partial charge in [-0.15, -0.1) is 4.99 Å². The number of esters is 3. The normalized spacial score (nSPS) is 11.4. The summed E-state index contributed by atoms with van der Waals surface area (Å²) in [6, 6.07) is 16.7. The van der Waals surface area contributed by atoms with Gasteiger partial charge in [0.1, 0.15) is 6.04 Å². The number of methoxy groups -OCH3 is 1. The molecule has 3 N–H and O–H groups in total. The summed E-state index contributed by atoms with van der Waals surface area (Å²) in [4.78, 5) is 63.5. The summed E-state index contributed by atoms with van der Waals surface area (Å²) < 4.78 is 23.9. The molecule has 0 aliphatic carbocycles. The molecule has 14 nitrogen and oxygen atoms in total. The van der Waals surface area contributed by atoms with Crippen molar-refractivity contribution >= 4 is 36.1 Å². The molecule has 40 heavy (non-hydrogen) atoms. The minimum atomic E-state index is -1.23. The molecule has 2 aromatic rings. The fourth-order valence-electron chi connectivity index (χ4n) is 2.93. The third kappa shape index (κ3) is 12.5. The molecule has 0 aromatic heterocycles. The number of hydrogen-bond donors (Lipinski definition) is 3. The van der Waals surface area contributed by atoms with Crippen LogP contribution in [0.15, 0.2) is 65.7 Å². The maximum Gasteiger partial charge on any atom is 0.439 e. The molecule has 0 aliphatic rings. The molecule has 14 heteroatoms. The first-order chi connectivity index (χ1) is 19.3. The number of aliphatic imine (C=N–C) groups is 1. The number of benzene rings is 2. The van der Waals surface area contributed by atoms with Crippen LogP contribution in [0.3, 0.4) is 0 Å². The first-order valence-corrected chi connectivity index (χ1v) is 11.9. The van der Waals surface area contributed by atoms with Gasteiger partial charge < -0.3 is 34.3 Å². The summed E-state index contributed by atoms with van der Waals surface area (Å²) in [7, 11) is 2.68. The van der Waals surface area contributed by atoms with E-state index < -0.39 is 55.7 Å². The molecule has 0 aliphatic heterocycles. The minimum absolute atomic E-state index is 0.0270. The van der Waals surface area contributed by atoms with Crippen LogP contribution >= 0.6 is 0 Å². The predicted octanol–water partition coefficient (Wildman–Crippen LogP) is 1.04. The Morgan fingerprint density at radius 2 is 1.30 bits per heavy atom. The van der Waals surface area contributed by atoms with Gasteiger partial charge >= 0.3 is 30.1 Å². The highest BCUT2D eigenvalue weighted by molar-refractivity contribution is 5.99. The average Bonchev–Trinajstić information content (AvgIpc) is 2.94. The van der Waals surface area contributed by atoms with Crippen LogP contribution < -0.4 is 16.0 Å². The smallest absolute Gasteiger partial charge is 0.439 e. The van der Waals surface area contributed by atoms with Crippen molar-refractivity contribution in [2.45, 2.75) is 18.9 Å². The fourth-order valence-corrected chi connectivity index (χ4v) is 2.93. The molecule has 0 saturated carbocycles. The van der Waals surface area contributed by atoms with Gasteiger partial charge in [-0.1, -0.05) is 60.7 Å². The topological polar surface area (TPSA) is 180 Å². The van der Waals surface area contributed by atoms with Crippen LogP contribution in [0.25, 0.3) is 0 Å². The van der Waals surface area contributed by atoms with Crippen LogP contribution in [0.4, 0.5) is 9.59 Å². The lowest BCUT2D eigenvalue weighted by molar-refractivity contribution is -0.152. The van der Waals surface area contributed by atoms with Gasteiger partial charge in [0.25, 0.3) is 0 Å². The minimum Gasteiger partial charge on any atom is -0.468 e. The van der Waals surface area contributed by atoms with Gasteiger partial charge in [0, 0.05) is 6.54 Å². The molecular formula is C26H30N4O10. The lowest BCUT2D eigenvalue weighted by Gasteiger charge is -2.16. The number of rotatable bonds is 12. The van der Waals surface area contributed by atoms with Crippen LogP contribution in [0.2, 0.25) is 0 Å². The number of likely N-dealkylation sites (N-methyl/N-ethyl adjacent to an activating group) is 1. The lowest BCUT2D eigenvalue weighted by Crippen LogP contribution is -2.49.